The fourth-order valence-electron chi connectivity index (χ4n) is 2.63. The molecule has 0 saturated heterocycles. The Morgan fingerprint density at radius 1 is 1.29 bits per heavy atom. The summed E-state index contributed by atoms with van der Waals surface area (Å²) in [5.74, 6) is -4.33. The van der Waals surface area contributed by atoms with E-state index in [9.17, 15) is 22.0 Å². The minimum atomic E-state index is -4.35. The summed E-state index contributed by atoms with van der Waals surface area (Å²) in [7, 11) is -4.35. The summed E-state index contributed by atoms with van der Waals surface area (Å²) >= 11 is 0. The van der Waals surface area contributed by atoms with Crippen molar-refractivity contribution < 1.29 is 27.1 Å². The highest BCUT2D eigenvalue weighted by Crippen LogP contribution is 2.31. The highest BCUT2D eigenvalue weighted by Gasteiger charge is 2.34. The molecule has 1 aliphatic rings. The molecule has 0 aromatic heterocycles. The zero-order valence-corrected chi connectivity index (χ0v) is 11.9. The number of sulfonamides is 1. The molecule has 2 N–H and O–H groups in total. The van der Waals surface area contributed by atoms with Crippen molar-refractivity contribution in [1.29, 1.82) is 0 Å². The topological polar surface area (TPSA) is 83.5 Å². The maximum atomic E-state index is 13.5. The molecule has 2 rings (SSSR count). The lowest BCUT2D eigenvalue weighted by Gasteiger charge is -2.16. The number of carboxylic acid groups (broad SMARTS) is 1. The number of benzene rings is 1. The van der Waals surface area contributed by atoms with Crippen LogP contribution in [0.3, 0.4) is 0 Å². The van der Waals surface area contributed by atoms with Crippen LogP contribution in [0.25, 0.3) is 0 Å². The standard InChI is InChI=1S/C13H15F2NO4S/c14-10-5-2-6-11(15)12(10)21(19,20)16-7-8-3-1-4-9(8)13(17)18/h2,5-6,8-9,16H,1,3-4,7H2,(H,17,18). The van der Waals surface area contributed by atoms with Gasteiger partial charge in [0.2, 0.25) is 10.0 Å². The van der Waals surface area contributed by atoms with Crippen molar-refractivity contribution in [2.75, 3.05) is 6.54 Å². The lowest BCUT2D eigenvalue weighted by Crippen LogP contribution is -2.33. The Kier molecular flexibility index (Phi) is 4.58. The van der Waals surface area contributed by atoms with Crippen molar-refractivity contribution in [2.24, 2.45) is 11.8 Å². The van der Waals surface area contributed by atoms with Gasteiger partial charge >= 0.3 is 5.97 Å². The van der Waals surface area contributed by atoms with Gasteiger partial charge in [-0.3, -0.25) is 4.79 Å². The fraction of sp³-hybridized carbons (Fsp3) is 0.462. The Hall–Kier alpha value is -1.54. The van der Waals surface area contributed by atoms with E-state index in [0.29, 0.717) is 19.3 Å². The van der Waals surface area contributed by atoms with Gasteiger partial charge < -0.3 is 5.11 Å². The summed E-state index contributed by atoms with van der Waals surface area (Å²) in [6.45, 7) is -0.146. The smallest absolute Gasteiger partial charge is 0.306 e. The van der Waals surface area contributed by atoms with Crippen LogP contribution in [0.2, 0.25) is 0 Å². The zero-order valence-electron chi connectivity index (χ0n) is 11.1. The van der Waals surface area contributed by atoms with E-state index in [1.54, 1.807) is 0 Å². The van der Waals surface area contributed by atoms with Gasteiger partial charge in [0, 0.05) is 6.54 Å². The van der Waals surface area contributed by atoms with Crippen LogP contribution in [0.4, 0.5) is 8.78 Å². The summed E-state index contributed by atoms with van der Waals surface area (Å²) in [6, 6.07) is 2.78. The lowest BCUT2D eigenvalue weighted by atomic mass is 9.97. The summed E-state index contributed by atoms with van der Waals surface area (Å²) in [5.41, 5.74) is 0. The van der Waals surface area contributed by atoms with Gasteiger partial charge in [-0.1, -0.05) is 12.5 Å². The normalized spacial score (nSPS) is 22.4. The van der Waals surface area contributed by atoms with E-state index in [1.165, 1.54) is 0 Å². The van der Waals surface area contributed by atoms with E-state index < -0.39 is 38.4 Å². The van der Waals surface area contributed by atoms with Crippen molar-refractivity contribution in [3.63, 3.8) is 0 Å². The molecule has 1 aromatic rings. The molecule has 8 heteroatoms. The molecule has 2 unspecified atom stereocenters. The molecule has 1 fully saturated rings. The molecule has 0 heterocycles. The summed E-state index contributed by atoms with van der Waals surface area (Å²) < 4.78 is 53.0. The molecular formula is C13H15F2NO4S. The van der Waals surface area contributed by atoms with Gasteiger partial charge in [0.05, 0.1) is 5.92 Å². The van der Waals surface area contributed by atoms with E-state index in [4.69, 9.17) is 5.11 Å². The lowest BCUT2D eigenvalue weighted by molar-refractivity contribution is -0.142. The second-order valence-electron chi connectivity index (χ2n) is 5.04. The average molecular weight is 319 g/mol. The minimum Gasteiger partial charge on any atom is -0.481 e. The number of halogens is 2. The number of hydrogen-bond donors (Lipinski definition) is 2. The summed E-state index contributed by atoms with van der Waals surface area (Å²) in [6.07, 6.45) is 1.74. The largest absolute Gasteiger partial charge is 0.481 e. The SMILES string of the molecule is O=C(O)C1CCCC1CNS(=O)(=O)c1c(F)cccc1F. The first kappa shape index (κ1) is 15.8. The van der Waals surface area contributed by atoms with Crippen LogP contribution in [0.15, 0.2) is 23.1 Å². The molecule has 0 amide bonds. The fourth-order valence-corrected chi connectivity index (χ4v) is 3.86. The number of nitrogens with one attached hydrogen (secondary N) is 1. The second kappa shape index (κ2) is 6.07. The van der Waals surface area contributed by atoms with Crippen LogP contribution in [0.1, 0.15) is 19.3 Å². The third-order valence-electron chi connectivity index (χ3n) is 3.70. The highest BCUT2D eigenvalue weighted by molar-refractivity contribution is 7.89. The van der Waals surface area contributed by atoms with Gasteiger partial charge in [0.25, 0.3) is 0 Å². The van der Waals surface area contributed by atoms with Crippen LogP contribution < -0.4 is 4.72 Å². The number of aliphatic carboxylic acids is 1. The van der Waals surface area contributed by atoms with Crippen LogP contribution >= 0.6 is 0 Å². The summed E-state index contributed by atoms with van der Waals surface area (Å²) in [5, 5.41) is 9.02. The Morgan fingerprint density at radius 3 is 2.48 bits per heavy atom. The van der Waals surface area contributed by atoms with Gasteiger partial charge in [0.1, 0.15) is 11.6 Å². The van der Waals surface area contributed by atoms with Crippen LogP contribution in [-0.4, -0.2) is 26.0 Å². The van der Waals surface area contributed by atoms with E-state index in [1.807, 2.05) is 0 Å². The Morgan fingerprint density at radius 2 is 1.90 bits per heavy atom. The van der Waals surface area contributed by atoms with Gasteiger partial charge in [-0.25, -0.2) is 21.9 Å². The van der Waals surface area contributed by atoms with Gasteiger partial charge in [0.15, 0.2) is 4.90 Å². The Bertz CT molecular complexity index is 627. The number of carbonyl (C=O) groups is 1. The minimum absolute atomic E-state index is 0.146. The molecule has 5 nitrogen and oxygen atoms in total. The van der Waals surface area contributed by atoms with E-state index in [0.717, 1.165) is 18.2 Å². The Labute approximate surface area is 121 Å². The van der Waals surface area contributed by atoms with Crippen molar-refractivity contribution in [3.8, 4) is 0 Å². The quantitative estimate of drug-likeness (QED) is 0.866. The Balaban J connectivity index is 2.14. The molecule has 2 atom stereocenters. The monoisotopic (exact) mass is 319 g/mol. The average Bonchev–Trinajstić information content (AvgIpc) is 2.84. The summed E-state index contributed by atoms with van der Waals surface area (Å²) in [4.78, 5) is 9.98. The number of rotatable bonds is 5. The molecule has 1 saturated carbocycles. The number of hydrogen-bond acceptors (Lipinski definition) is 3. The van der Waals surface area contributed by atoms with Crippen molar-refractivity contribution in [1.82, 2.24) is 4.72 Å². The first-order valence-electron chi connectivity index (χ1n) is 6.49. The predicted octanol–water partition coefficient (Wildman–Crippen LogP) is 1.74. The molecule has 1 aromatic carbocycles. The van der Waals surface area contributed by atoms with Crippen LogP contribution in [-0.2, 0) is 14.8 Å². The van der Waals surface area contributed by atoms with Crippen molar-refractivity contribution in [3.05, 3.63) is 29.8 Å². The molecule has 1 aliphatic carbocycles. The van der Waals surface area contributed by atoms with Crippen molar-refractivity contribution in [2.45, 2.75) is 24.2 Å². The maximum Gasteiger partial charge on any atom is 0.306 e. The van der Waals surface area contributed by atoms with Crippen molar-refractivity contribution >= 4 is 16.0 Å². The van der Waals surface area contributed by atoms with Crippen LogP contribution in [0.5, 0.6) is 0 Å². The molecule has 116 valence electrons. The highest BCUT2D eigenvalue weighted by atomic mass is 32.2. The van der Waals surface area contributed by atoms with Crippen LogP contribution in [0, 0.1) is 23.5 Å². The number of carboxylic acids is 1. The van der Waals surface area contributed by atoms with Gasteiger partial charge in [-0.15, -0.1) is 0 Å². The molecular weight excluding hydrogens is 304 g/mol. The molecule has 0 spiro atoms. The maximum absolute atomic E-state index is 13.5. The molecule has 0 bridgehead atoms. The zero-order chi connectivity index (χ0) is 15.6. The molecule has 0 radical (unpaired) electrons. The second-order valence-corrected chi connectivity index (χ2v) is 6.74. The van der Waals surface area contributed by atoms with Gasteiger partial charge in [-0.2, -0.15) is 0 Å². The molecule has 21 heavy (non-hydrogen) atoms. The van der Waals surface area contributed by atoms with E-state index in [2.05, 4.69) is 4.72 Å². The van der Waals surface area contributed by atoms with E-state index in [-0.39, 0.29) is 12.5 Å². The van der Waals surface area contributed by atoms with Gasteiger partial charge in [-0.05, 0) is 30.9 Å². The first-order chi connectivity index (χ1) is 9.83. The molecule has 0 aliphatic heterocycles. The first-order valence-corrected chi connectivity index (χ1v) is 7.97. The third kappa shape index (κ3) is 3.38. The van der Waals surface area contributed by atoms with E-state index >= 15 is 0 Å². The third-order valence-corrected chi connectivity index (χ3v) is 5.17. The predicted molar refractivity (Wildman–Crippen MR) is 70.0 cm³/mol.